The number of carbonyl (C=O) groups excluding carboxylic acids is 1. The average Bonchev–Trinajstić information content (AvgIpc) is 2.44. The van der Waals surface area contributed by atoms with Crippen LogP contribution in [0.15, 0.2) is 41.5 Å². The second-order valence-corrected chi connectivity index (χ2v) is 6.48. The number of benzene rings is 2. The maximum atomic E-state index is 11.8. The van der Waals surface area contributed by atoms with Gasteiger partial charge in [-0.15, -0.1) is 0 Å². The number of hydrazone groups is 1. The Morgan fingerprint density at radius 2 is 1.81 bits per heavy atom. The third-order valence-corrected chi connectivity index (χ3v) is 4.00. The number of halogens is 2. The van der Waals surface area contributed by atoms with E-state index < -0.39 is 5.91 Å². The van der Waals surface area contributed by atoms with E-state index in [1.807, 2.05) is 28.7 Å². The quantitative estimate of drug-likeness (QED) is 0.339. The molecule has 2 aromatic carbocycles. The standard InChI is InChI=1S/C14H10I2N2O3/c15-10-5-9(13(20)12(16)6-10)7-17-18-14(21)8-1-3-11(19)4-2-8/h1-7,19-20H,(H,18,21)/b17-7-. The monoisotopic (exact) mass is 508 g/mol. The molecule has 108 valence electrons. The van der Waals surface area contributed by atoms with Crippen molar-refractivity contribution < 1.29 is 15.0 Å². The van der Waals surface area contributed by atoms with Crippen LogP contribution in [-0.4, -0.2) is 22.3 Å². The van der Waals surface area contributed by atoms with Gasteiger partial charge in [-0.2, -0.15) is 5.10 Å². The minimum atomic E-state index is -0.397. The van der Waals surface area contributed by atoms with Gasteiger partial charge in [-0.3, -0.25) is 4.79 Å². The van der Waals surface area contributed by atoms with E-state index in [-0.39, 0.29) is 11.5 Å². The van der Waals surface area contributed by atoms with Gasteiger partial charge in [0, 0.05) is 14.7 Å². The Morgan fingerprint density at radius 3 is 2.48 bits per heavy atom. The van der Waals surface area contributed by atoms with E-state index in [4.69, 9.17) is 5.11 Å². The highest BCUT2D eigenvalue weighted by Gasteiger charge is 2.06. The van der Waals surface area contributed by atoms with Crippen LogP contribution in [0.1, 0.15) is 15.9 Å². The lowest BCUT2D eigenvalue weighted by Gasteiger charge is -2.03. The van der Waals surface area contributed by atoms with E-state index in [1.165, 1.54) is 30.5 Å². The summed E-state index contributed by atoms with van der Waals surface area (Å²) in [6, 6.07) is 9.42. The van der Waals surface area contributed by atoms with Gasteiger partial charge in [0.05, 0.1) is 9.78 Å². The van der Waals surface area contributed by atoms with Crippen molar-refractivity contribution in [3.8, 4) is 11.5 Å². The molecular formula is C14H10I2N2O3. The van der Waals surface area contributed by atoms with Gasteiger partial charge in [-0.05, 0) is 81.6 Å². The molecule has 1 amide bonds. The zero-order chi connectivity index (χ0) is 15.4. The molecule has 2 aromatic rings. The molecule has 0 heterocycles. The summed E-state index contributed by atoms with van der Waals surface area (Å²) < 4.78 is 1.67. The summed E-state index contributed by atoms with van der Waals surface area (Å²) in [7, 11) is 0. The van der Waals surface area contributed by atoms with Crippen LogP contribution in [0.3, 0.4) is 0 Å². The lowest BCUT2D eigenvalue weighted by atomic mass is 10.2. The molecule has 0 saturated carbocycles. The number of rotatable bonds is 3. The van der Waals surface area contributed by atoms with Crippen LogP contribution >= 0.6 is 45.2 Å². The fourth-order valence-electron chi connectivity index (χ4n) is 1.52. The van der Waals surface area contributed by atoms with E-state index >= 15 is 0 Å². The number of amides is 1. The average molecular weight is 508 g/mol. The van der Waals surface area contributed by atoms with Gasteiger partial charge in [0.1, 0.15) is 11.5 Å². The van der Waals surface area contributed by atoms with Crippen molar-refractivity contribution in [3.63, 3.8) is 0 Å². The number of carbonyl (C=O) groups is 1. The first kappa shape index (κ1) is 16.0. The van der Waals surface area contributed by atoms with Crippen molar-refractivity contribution in [2.45, 2.75) is 0 Å². The molecule has 0 aliphatic carbocycles. The zero-order valence-electron chi connectivity index (χ0n) is 10.5. The number of aromatic hydroxyl groups is 2. The molecule has 0 bridgehead atoms. The predicted octanol–water partition coefficient (Wildman–Crippen LogP) is 3.07. The van der Waals surface area contributed by atoms with Gasteiger partial charge < -0.3 is 10.2 Å². The van der Waals surface area contributed by atoms with Crippen LogP contribution in [0.5, 0.6) is 11.5 Å². The lowest BCUT2D eigenvalue weighted by molar-refractivity contribution is 0.0955. The summed E-state index contributed by atoms with van der Waals surface area (Å²) in [5.41, 5.74) is 3.27. The third kappa shape index (κ3) is 4.30. The summed E-state index contributed by atoms with van der Waals surface area (Å²) in [6.07, 6.45) is 1.39. The minimum absolute atomic E-state index is 0.0911. The minimum Gasteiger partial charge on any atom is -0.508 e. The summed E-state index contributed by atoms with van der Waals surface area (Å²) in [4.78, 5) is 11.8. The Balaban J connectivity index is 2.09. The lowest BCUT2D eigenvalue weighted by Crippen LogP contribution is -2.17. The van der Waals surface area contributed by atoms with Gasteiger partial charge in [0.25, 0.3) is 5.91 Å². The Morgan fingerprint density at radius 1 is 1.14 bits per heavy atom. The highest BCUT2D eigenvalue weighted by Crippen LogP contribution is 2.25. The molecule has 0 spiro atoms. The Kier molecular flexibility index (Phi) is 5.39. The molecule has 2 rings (SSSR count). The van der Waals surface area contributed by atoms with E-state index in [9.17, 15) is 9.90 Å². The van der Waals surface area contributed by atoms with Gasteiger partial charge in [0.15, 0.2) is 0 Å². The van der Waals surface area contributed by atoms with Crippen LogP contribution in [0.2, 0.25) is 0 Å². The van der Waals surface area contributed by atoms with Crippen LogP contribution in [-0.2, 0) is 0 Å². The smallest absolute Gasteiger partial charge is 0.271 e. The van der Waals surface area contributed by atoms with E-state index in [0.29, 0.717) is 14.7 Å². The van der Waals surface area contributed by atoms with Crippen LogP contribution in [0.25, 0.3) is 0 Å². The number of phenols is 2. The SMILES string of the molecule is O=C(N/N=C\c1cc(I)cc(I)c1O)c1ccc(O)cc1. The van der Waals surface area contributed by atoms with Crippen LogP contribution in [0, 0.1) is 7.14 Å². The summed E-state index contributed by atoms with van der Waals surface area (Å²) in [5, 5.41) is 22.9. The number of phenolic OH excluding ortho intramolecular Hbond substituents is 2. The van der Waals surface area contributed by atoms with Crippen molar-refractivity contribution in [2.75, 3.05) is 0 Å². The third-order valence-electron chi connectivity index (χ3n) is 2.56. The Hall–Kier alpha value is -1.36. The largest absolute Gasteiger partial charge is 0.508 e. The fourth-order valence-corrected chi connectivity index (χ4v) is 3.41. The van der Waals surface area contributed by atoms with Crippen molar-refractivity contribution in [3.05, 3.63) is 54.7 Å². The highest BCUT2D eigenvalue weighted by molar-refractivity contribution is 14.1. The van der Waals surface area contributed by atoms with Crippen LogP contribution < -0.4 is 5.43 Å². The number of nitrogens with zero attached hydrogens (tertiary/aromatic N) is 1. The molecule has 7 heteroatoms. The second kappa shape index (κ2) is 7.07. The molecule has 0 aliphatic heterocycles. The normalized spacial score (nSPS) is 10.8. The maximum absolute atomic E-state index is 11.8. The summed E-state index contributed by atoms with van der Waals surface area (Å²) in [6.45, 7) is 0. The summed E-state index contributed by atoms with van der Waals surface area (Å²) >= 11 is 4.16. The Bertz CT molecular complexity index is 700. The molecule has 0 saturated heterocycles. The summed E-state index contributed by atoms with van der Waals surface area (Å²) in [5.74, 6) is -0.182. The van der Waals surface area contributed by atoms with Crippen molar-refractivity contribution >= 4 is 57.3 Å². The fraction of sp³-hybridized carbons (Fsp3) is 0. The molecule has 0 aliphatic rings. The van der Waals surface area contributed by atoms with E-state index in [1.54, 1.807) is 6.07 Å². The molecule has 0 unspecified atom stereocenters. The van der Waals surface area contributed by atoms with Gasteiger partial charge in [-0.25, -0.2) is 5.43 Å². The first-order valence-corrected chi connectivity index (χ1v) is 7.93. The topological polar surface area (TPSA) is 81.9 Å². The molecule has 0 atom stereocenters. The first-order valence-electron chi connectivity index (χ1n) is 5.78. The number of hydrogen-bond acceptors (Lipinski definition) is 4. The predicted molar refractivity (Wildman–Crippen MR) is 96.7 cm³/mol. The molecular weight excluding hydrogens is 498 g/mol. The molecule has 0 fully saturated rings. The van der Waals surface area contributed by atoms with Gasteiger partial charge in [0.2, 0.25) is 0 Å². The van der Waals surface area contributed by atoms with Crippen LogP contribution in [0.4, 0.5) is 0 Å². The molecule has 0 radical (unpaired) electrons. The second-order valence-electron chi connectivity index (χ2n) is 4.07. The molecule has 0 aromatic heterocycles. The highest BCUT2D eigenvalue weighted by atomic mass is 127. The molecule has 3 N–H and O–H groups in total. The number of nitrogens with one attached hydrogen (secondary N) is 1. The van der Waals surface area contributed by atoms with E-state index in [2.05, 4.69) is 33.1 Å². The van der Waals surface area contributed by atoms with E-state index in [0.717, 1.165) is 3.57 Å². The molecule has 5 nitrogen and oxygen atoms in total. The zero-order valence-corrected chi connectivity index (χ0v) is 14.9. The van der Waals surface area contributed by atoms with Crippen molar-refractivity contribution in [2.24, 2.45) is 5.10 Å². The first-order chi connectivity index (χ1) is 9.97. The van der Waals surface area contributed by atoms with Gasteiger partial charge in [-0.1, -0.05) is 0 Å². The van der Waals surface area contributed by atoms with Crippen molar-refractivity contribution in [1.82, 2.24) is 5.43 Å². The maximum Gasteiger partial charge on any atom is 0.271 e. The molecule has 21 heavy (non-hydrogen) atoms. The number of hydrogen-bond donors (Lipinski definition) is 3. The van der Waals surface area contributed by atoms with Gasteiger partial charge >= 0.3 is 0 Å². The Labute approximate surface area is 148 Å². The van der Waals surface area contributed by atoms with Crippen molar-refractivity contribution in [1.29, 1.82) is 0 Å².